The standard InChI is InChI=1S/C19H27NO6S/c1-24-18(21)19(9-13-25-14-10-19)27(22,23)20-11-7-17(8-12-20)26-15-16-5-3-2-4-6-16/h2-6,17H,7-15H2,1H3. The summed E-state index contributed by atoms with van der Waals surface area (Å²) < 4.78 is 42.5. The average molecular weight is 397 g/mol. The largest absolute Gasteiger partial charge is 0.468 e. The van der Waals surface area contributed by atoms with Gasteiger partial charge in [-0.1, -0.05) is 30.3 Å². The average Bonchev–Trinajstić information content (AvgIpc) is 2.73. The van der Waals surface area contributed by atoms with E-state index < -0.39 is 20.7 Å². The van der Waals surface area contributed by atoms with Gasteiger partial charge in [0, 0.05) is 39.1 Å². The number of hydrogen-bond acceptors (Lipinski definition) is 6. The van der Waals surface area contributed by atoms with Gasteiger partial charge in [0.15, 0.2) is 4.75 Å². The summed E-state index contributed by atoms with van der Waals surface area (Å²) in [7, 11) is -2.59. The Morgan fingerprint density at radius 1 is 1.19 bits per heavy atom. The SMILES string of the molecule is COC(=O)C1(S(=O)(=O)N2CCC(OCc3ccccc3)CC2)CCOCC1. The van der Waals surface area contributed by atoms with Crippen molar-refractivity contribution in [1.29, 1.82) is 0 Å². The topological polar surface area (TPSA) is 82.1 Å². The lowest BCUT2D eigenvalue weighted by Gasteiger charge is -2.40. The van der Waals surface area contributed by atoms with Crippen molar-refractivity contribution in [2.75, 3.05) is 33.4 Å². The van der Waals surface area contributed by atoms with Gasteiger partial charge < -0.3 is 14.2 Å². The maximum atomic E-state index is 13.3. The van der Waals surface area contributed by atoms with E-state index >= 15 is 0 Å². The molecule has 0 N–H and O–H groups in total. The summed E-state index contributed by atoms with van der Waals surface area (Å²) in [6, 6.07) is 9.90. The summed E-state index contributed by atoms with van der Waals surface area (Å²) in [4.78, 5) is 12.4. The summed E-state index contributed by atoms with van der Waals surface area (Å²) in [6.07, 6.45) is 1.50. The number of sulfonamides is 1. The molecule has 2 aliphatic heterocycles. The summed E-state index contributed by atoms with van der Waals surface area (Å²) in [6.45, 7) is 1.69. The Morgan fingerprint density at radius 3 is 2.41 bits per heavy atom. The van der Waals surface area contributed by atoms with E-state index in [4.69, 9.17) is 14.2 Å². The minimum atomic E-state index is -3.83. The Labute approximate surface area is 160 Å². The molecule has 0 saturated carbocycles. The van der Waals surface area contributed by atoms with Crippen LogP contribution in [0.15, 0.2) is 30.3 Å². The third-order valence-corrected chi connectivity index (χ3v) is 8.03. The molecule has 1 aromatic rings. The summed E-state index contributed by atoms with van der Waals surface area (Å²) in [5, 5.41) is 0. The third kappa shape index (κ3) is 4.18. The van der Waals surface area contributed by atoms with Crippen LogP contribution >= 0.6 is 0 Å². The first-order valence-electron chi connectivity index (χ1n) is 9.31. The zero-order valence-corrected chi connectivity index (χ0v) is 16.4. The molecule has 2 saturated heterocycles. The number of ether oxygens (including phenoxy) is 3. The van der Waals surface area contributed by atoms with Gasteiger partial charge in [0.2, 0.25) is 10.0 Å². The molecule has 2 heterocycles. The molecule has 8 heteroatoms. The van der Waals surface area contributed by atoms with E-state index in [1.54, 1.807) is 0 Å². The van der Waals surface area contributed by atoms with Crippen LogP contribution in [-0.2, 0) is 35.6 Å². The van der Waals surface area contributed by atoms with E-state index in [-0.39, 0.29) is 32.2 Å². The first kappa shape index (κ1) is 20.3. The fraction of sp³-hybridized carbons (Fsp3) is 0.632. The quantitative estimate of drug-likeness (QED) is 0.680. The van der Waals surface area contributed by atoms with Crippen molar-refractivity contribution >= 4 is 16.0 Å². The molecule has 0 spiro atoms. The number of hydrogen-bond donors (Lipinski definition) is 0. The molecule has 3 rings (SSSR count). The van der Waals surface area contributed by atoms with Crippen LogP contribution in [-0.4, -0.2) is 63.0 Å². The second kappa shape index (κ2) is 8.68. The molecule has 0 aliphatic carbocycles. The van der Waals surface area contributed by atoms with Crippen molar-refractivity contribution in [2.45, 2.75) is 43.1 Å². The first-order chi connectivity index (χ1) is 13.0. The van der Waals surface area contributed by atoms with Crippen molar-refractivity contribution in [2.24, 2.45) is 0 Å². The fourth-order valence-electron chi connectivity index (χ4n) is 3.73. The highest BCUT2D eigenvalue weighted by molar-refractivity contribution is 7.91. The Hall–Kier alpha value is -1.48. The van der Waals surface area contributed by atoms with Crippen molar-refractivity contribution in [3.05, 3.63) is 35.9 Å². The maximum Gasteiger partial charge on any atom is 0.328 e. The summed E-state index contributed by atoms with van der Waals surface area (Å²) in [5.74, 6) is -0.687. The van der Waals surface area contributed by atoms with E-state index in [2.05, 4.69) is 0 Å². The Bertz CT molecular complexity index is 722. The first-order valence-corrected chi connectivity index (χ1v) is 10.7. The number of methoxy groups -OCH3 is 1. The van der Waals surface area contributed by atoms with Crippen LogP contribution in [0, 0.1) is 0 Å². The van der Waals surface area contributed by atoms with Gasteiger partial charge in [0.25, 0.3) is 0 Å². The molecule has 2 fully saturated rings. The molecule has 0 radical (unpaired) electrons. The van der Waals surface area contributed by atoms with Gasteiger partial charge >= 0.3 is 5.97 Å². The minimum absolute atomic E-state index is 0.0143. The second-order valence-corrected chi connectivity index (χ2v) is 9.25. The van der Waals surface area contributed by atoms with Crippen LogP contribution in [0.2, 0.25) is 0 Å². The monoisotopic (exact) mass is 397 g/mol. The molecule has 27 heavy (non-hydrogen) atoms. The number of carbonyl (C=O) groups excluding carboxylic acids is 1. The zero-order valence-electron chi connectivity index (χ0n) is 15.6. The van der Waals surface area contributed by atoms with Gasteiger partial charge in [-0.2, -0.15) is 0 Å². The number of rotatable bonds is 6. The number of benzene rings is 1. The summed E-state index contributed by atoms with van der Waals surface area (Å²) >= 11 is 0. The highest BCUT2D eigenvalue weighted by atomic mass is 32.2. The Morgan fingerprint density at radius 2 is 1.81 bits per heavy atom. The lowest BCUT2D eigenvalue weighted by molar-refractivity contribution is -0.146. The molecule has 150 valence electrons. The van der Waals surface area contributed by atoms with Crippen molar-refractivity contribution < 1.29 is 27.4 Å². The molecule has 0 aromatic heterocycles. The molecule has 0 atom stereocenters. The fourth-order valence-corrected chi connectivity index (χ4v) is 5.89. The molecule has 0 bridgehead atoms. The van der Waals surface area contributed by atoms with Gasteiger partial charge in [0.05, 0.1) is 19.8 Å². The Balaban J connectivity index is 1.62. The maximum absolute atomic E-state index is 13.3. The number of carbonyl (C=O) groups is 1. The van der Waals surface area contributed by atoms with Crippen molar-refractivity contribution in [3.8, 4) is 0 Å². The minimum Gasteiger partial charge on any atom is -0.468 e. The predicted octanol–water partition coefficient (Wildman–Crippen LogP) is 1.72. The van der Waals surface area contributed by atoms with Gasteiger partial charge in [-0.05, 0) is 18.4 Å². The molecule has 0 amide bonds. The molecule has 0 unspecified atom stereocenters. The van der Waals surface area contributed by atoms with E-state index in [1.165, 1.54) is 11.4 Å². The van der Waals surface area contributed by atoms with E-state index in [1.807, 2.05) is 30.3 Å². The van der Waals surface area contributed by atoms with Gasteiger partial charge in [-0.25, -0.2) is 12.7 Å². The number of esters is 1. The van der Waals surface area contributed by atoms with E-state index in [9.17, 15) is 13.2 Å². The van der Waals surface area contributed by atoms with Crippen LogP contribution in [0.5, 0.6) is 0 Å². The number of piperidine rings is 1. The van der Waals surface area contributed by atoms with Crippen LogP contribution in [0.3, 0.4) is 0 Å². The van der Waals surface area contributed by atoms with E-state index in [0.717, 1.165) is 5.56 Å². The lowest BCUT2D eigenvalue weighted by atomic mass is 9.99. The van der Waals surface area contributed by atoms with E-state index in [0.29, 0.717) is 32.5 Å². The smallest absolute Gasteiger partial charge is 0.328 e. The third-order valence-electron chi connectivity index (χ3n) is 5.42. The van der Waals surface area contributed by atoms with Gasteiger partial charge in [-0.15, -0.1) is 0 Å². The lowest BCUT2D eigenvalue weighted by Crippen LogP contribution is -2.58. The molecule has 2 aliphatic rings. The second-order valence-electron chi connectivity index (χ2n) is 7.00. The van der Waals surface area contributed by atoms with Crippen LogP contribution in [0.25, 0.3) is 0 Å². The normalized spacial score (nSPS) is 21.7. The molecular formula is C19H27NO6S. The van der Waals surface area contributed by atoms with Crippen molar-refractivity contribution in [3.63, 3.8) is 0 Å². The van der Waals surface area contributed by atoms with Crippen LogP contribution in [0.4, 0.5) is 0 Å². The van der Waals surface area contributed by atoms with Crippen LogP contribution in [0.1, 0.15) is 31.2 Å². The Kier molecular flexibility index (Phi) is 6.52. The van der Waals surface area contributed by atoms with Gasteiger partial charge in [0.1, 0.15) is 0 Å². The summed E-state index contributed by atoms with van der Waals surface area (Å²) in [5.41, 5.74) is 1.10. The van der Waals surface area contributed by atoms with Crippen LogP contribution < -0.4 is 0 Å². The van der Waals surface area contributed by atoms with Crippen molar-refractivity contribution in [1.82, 2.24) is 4.31 Å². The molecule has 1 aromatic carbocycles. The molecular weight excluding hydrogens is 370 g/mol. The highest BCUT2D eigenvalue weighted by Gasteiger charge is 2.55. The number of nitrogens with zero attached hydrogens (tertiary/aromatic N) is 1. The predicted molar refractivity (Wildman–Crippen MR) is 99.5 cm³/mol. The molecule has 7 nitrogen and oxygen atoms in total. The zero-order chi connectivity index (χ0) is 19.3. The van der Waals surface area contributed by atoms with Gasteiger partial charge in [-0.3, -0.25) is 4.79 Å². The highest BCUT2D eigenvalue weighted by Crippen LogP contribution is 2.35.